The molecule has 1 rings (SSSR count). The molecule has 0 fully saturated rings. The molecule has 1 aromatic rings. The van der Waals surface area contributed by atoms with Gasteiger partial charge in [-0.25, -0.2) is 4.98 Å². The number of hydrogen-bond donors (Lipinski definition) is 1. The maximum Gasteiger partial charge on any atom is 0.181 e. The van der Waals surface area contributed by atoms with E-state index in [1.807, 2.05) is 0 Å². The molecule has 86 valence electrons. The second-order valence-corrected chi connectivity index (χ2v) is 5.50. The SMILES string of the molecule is CC(Cc1ocnc1CN)CC(C)(C)C. The molecular weight excluding hydrogens is 188 g/mol. The lowest BCUT2D eigenvalue weighted by atomic mass is 9.83. The highest BCUT2D eigenvalue weighted by Crippen LogP contribution is 2.26. The van der Waals surface area contributed by atoms with Gasteiger partial charge in [0.2, 0.25) is 0 Å². The van der Waals surface area contributed by atoms with Crippen molar-refractivity contribution in [2.45, 2.75) is 47.1 Å². The fourth-order valence-electron chi connectivity index (χ4n) is 2.06. The number of rotatable bonds is 4. The maximum atomic E-state index is 5.58. The van der Waals surface area contributed by atoms with Crippen LogP contribution in [0.25, 0.3) is 0 Å². The smallest absolute Gasteiger partial charge is 0.181 e. The van der Waals surface area contributed by atoms with E-state index in [0.717, 1.165) is 17.9 Å². The number of nitrogens with zero attached hydrogens (tertiary/aromatic N) is 1. The van der Waals surface area contributed by atoms with Crippen molar-refractivity contribution >= 4 is 0 Å². The molecule has 0 aliphatic heterocycles. The number of hydrogen-bond acceptors (Lipinski definition) is 3. The van der Waals surface area contributed by atoms with Crippen molar-refractivity contribution < 1.29 is 4.42 Å². The average molecular weight is 210 g/mol. The normalized spacial score (nSPS) is 14.2. The largest absolute Gasteiger partial charge is 0.448 e. The van der Waals surface area contributed by atoms with Crippen LogP contribution in [0.4, 0.5) is 0 Å². The van der Waals surface area contributed by atoms with Crippen molar-refractivity contribution in [2.75, 3.05) is 0 Å². The highest BCUT2D eigenvalue weighted by molar-refractivity contribution is 5.07. The molecular formula is C12H22N2O. The first-order valence-corrected chi connectivity index (χ1v) is 5.53. The van der Waals surface area contributed by atoms with E-state index in [4.69, 9.17) is 10.2 Å². The van der Waals surface area contributed by atoms with Gasteiger partial charge in [0.05, 0.1) is 5.69 Å². The van der Waals surface area contributed by atoms with Crippen LogP contribution in [0.15, 0.2) is 10.8 Å². The van der Waals surface area contributed by atoms with E-state index in [9.17, 15) is 0 Å². The quantitative estimate of drug-likeness (QED) is 0.831. The standard InChI is InChI=1S/C12H22N2O/c1-9(6-12(2,3)4)5-11-10(7-13)14-8-15-11/h8-9H,5-7,13H2,1-4H3. The van der Waals surface area contributed by atoms with Gasteiger partial charge in [-0.1, -0.05) is 27.7 Å². The summed E-state index contributed by atoms with van der Waals surface area (Å²) in [5.41, 5.74) is 6.84. The summed E-state index contributed by atoms with van der Waals surface area (Å²) in [5.74, 6) is 1.55. The maximum absolute atomic E-state index is 5.58. The molecule has 3 heteroatoms. The van der Waals surface area contributed by atoms with Crippen molar-refractivity contribution in [3.8, 4) is 0 Å². The molecule has 3 nitrogen and oxygen atoms in total. The molecule has 2 N–H and O–H groups in total. The van der Waals surface area contributed by atoms with E-state index < -0.39 is 0 Å². The van der Waals surface area contributed by atoms with Gasteiger partial charge in [0.1, 0.15) is 5.76 Å². The monoisotopic (exact) mass is 210 g/mol. The van der Waals surface area contributed by atoms with E-state index >= 15 is 0 Å². The van der Waals surface area contributed by atoms with Crippen LogP contribution >= 0.6 is 0 Å². The summed E-state index contributed by atoms with van der Waals surface area (Å²) in [4.78, 5) is 4.09. The zero-order chi connectivity index (χ0) is 11.5. The van der Waals surface area contributed by atoms with Crippen molar-refractivity contribution in [1.82, 2.24) is 4.98 Å². The van der Waals surface area contributed by atoms with Gasteiger partial charge in [0, 0.05) is 13.0 Å². The zero-order valence-corrected chi connectivity index (χ0v) is 10.2. The van der Waals surface area contributed by atoms with Crippen molar-refractivity contribution in [3.63, 3.8) is 0 Å². The molecule has 1 aromatic heterocycles. The topological polar surface area (TPSA) is 52.0 Å². The molecule has 0 spiro atoms. The minimum absolute atomic E-state index is 0.363. The predicted octanol–water partition coefficient (Wildman–Crippen LogP) is 2.75. The van der Waals surface area contributed by atoms with E-state index in [-0.39, 0.29) is 0 Å². The first-order chi connectivity index (χ1) is 6.92. The Bertz CT molecular complexity index is 299. The second-order valence-electron chi connectivity index (χ2n) is 5.50. The van der Waals surface area contributed by atoms with Gasteiger partial charge in [-0.2, -0.15) is 0 Å². The Morgan fingerprint density at radius 1 is 1.47 bits per heavy atom. The van der Waals surface area contributed by atoms with Crippen LogP contribution in [-0.2, 0) is 13.0 Å². The molecule has 0 aliphatic carbocycles. The molecule has 0 amide bonds. The Labute approximate surface area is 92.1 Å². The molecule has 15 heavy (non-hydrogen) atoms. The highest BCUT2D eigenvalue weighted by atomic mass is 16.3. The lowest BCUT2D eigenvalue weighted by Gasteiger charge is -2.22. The Balaban J connectivity index is 2.55. The minimum atomic E-state index is 0.363. The van der Waals surface area contributed by atoms with E-state index in [1.165, 1.54) is 12.8 Å². The number of oxazole rings is 1. The molecule has 0 saturated heterocycles. The van der Waals surface area contributed by atoms with E-state index in [1.54, 1.807) is 0 Å². The molecule has 1 unspecified atom stereocenters. The first kappa shape index (κ1) is 12.2. The second kappa shape index (κ2) is 4.79. The van der Waals surface area contributed by atoms with Gasteiger partial charge < -0.3 is 10.2 Å². The molecule has 0 aliphatic rings. The van der Waals surface area contributed by atoms with Crippen molar-refractivity contribution in [1.29, 1.82) is 0 Å². The Hall–Kier alpha value is -0.830. The minimum Gasteiger partial charge on any atom is -0.448 e. The molecule has 1 atom stereocenters. The third kappa shape index (κ3) is 4.04. The fourth-order valence-corrected chi connectivity index (χ4v) is 2.06. The van der Waals surface area contributed by atoms with Gasteiger partial charge in [-0.3, -0.25) is 0 Å². The Morgan fingerprint density at radius 3 is 2.67 bits per heavy atom. The number of nitrogens with two attached hydrogens (primary N) is 1. The van der Waals surface area contributed by atoms with Crippen LogP contribution in [0.5, 0.6) is 0 Å². The molecule has 0 aromatic carbocycles. The van der Waals surface area contributed by atoms with Crippen LogP contribution < -0.4 is 5.73 Å². The van der Waals surface area contributed by atoms with Gasteiger partial charge >= 0.3 is 0 Å². The summed E-state index contributed by atoms with van der Waals surface area (Å²) in [5, 5.41) is 0. The molecule has 0 radical (unpaired) electrons. The van der Waals surface area contributed by atoms with Crippen LogP contribution in [0, 0.1) is 11.3 Å². The average Bonchev–Trinajstić information content (AvgIpc) is 2.48. The van der Waals surface area contributed by atoms with Gasteiger partial charge in [-0.15, -0.1) is 0 Å². The van der Waals surface area contributed by atoms with Crippen molar-refractivity contribution in [3.05, 3.63) is 17.8 Å². The zero-order valence-electron chi connectivity index (χ0n) is 10.2. The summed E-state index contributed by atoms with van der Waals surface area (Å²) in [7, 11) is 0. The van der Waals surface area contributed by atoms with Crippen molar-refractivity contribution in [2.24, 2.45) is 17.1 Å². The fraction of sp³-hybridized carbons (Fsp3) is 0.750. The highest BCUT2D eigenvalue weighted by Gasteiger charge is 2.18. The Kier molecular flexibility index (Phi) is 3.91. The molecule has 0 bridgehead atoms. The Morgan fingerprint density at radius 2 is 2.13 bits per heavy atom. The lowest BCUT2D eigenvalue weighted by molar-refractivity contribution is 0.295. The summed E-state index contributed by atoms with van der Waals surface area (Å²) in [6, 6.07) is 0. The number of aromatic nitrogens is 1. The summed E-state index contributed by atoms with van der Waals surface area (Å²) < 4.78 is 5.35. The third-order valence-electron chi connectivity index (χ3n) is 2.41. The third-order valence-corrected chi connectivity index (χ3v) is 2.41. The van der Waals surface area contributed by atoms with Gasteiger partial charge in [0.15, 0.2) is 6.39 Å². The van der Waals surface area contributed by atoms with Crippen LogP contribution in [0.2, 0.25) is 0 Å². The van der Waals surface area contributed by atoms with Gasteiger partial charge in [-0.05, 0) is 17.8 Å². The summed E-state index contributed by atoms with van der Waals surface area (Å²) in [6.45, 7) is 9.48. The molecule has 0 saturated carbocycles. The summed E-state index contributed by atoms with van der Waals surface area (Å²) >= 11 is 0. The van der Waals surface area contributed by atoms with Crippen LogP contribution in [0.3, 0.4) is 0 Å². The van der Waals surface area contributed by atoms with Crippen LogP contribution in [0.1, 0.15) is 45.6 Å². The summed E-state index contributed by atoms with van der Waals surface area (Å²) in [6.07, 6.45) is 3.60. The first-order valence-electron chi connectivity index (χ1n) is 5.53. The van der Waals surface area contributed by atoms with E-state index in [0.29, 0.717) is 17.9 Å². The predicted molar refractivity (Wildman–Crippen MR) is 61.3 cm³/mol. The lowest BCUT2D eigenvalue weighted by Crippen LogP contribution is -2.13. The van der Waals surface area contributed by atoms with E-state index in [2.05, 4.69) is 32.7 Å². The molecule has 1 heterocycles. The van der Waals surface area contributed by atoms with Crippen LogP contribution in [-0.4, -0.2) is 4.98 Å². The van der Waals surface area contributed by atoms with Gasteiger partial charge in [0.25, 0.3) is 0 Å².